The van der Waals surface area contributed by atoms with Gasteiger partial charge in [0.25, 0.3) is 0 Å². The van der Waals surface area contributed by atoms with Crippen LogP contribution >= 0.6 is 11.3 Å². The minimum absolute atomic E-state index is 0.357. The quantitative estimate of drug-likeness (QED) is 0.752. The number of rotatable bonds is 3. The molecule has 0 saturated carbocycles. The molecule has 3 heteroatoms. The first-order valence-corrected chi connectivity index (χ1v) is 9.69. The van der Waals surface area contributed by atoms with Gasteiger partial charge >= 0.3 is 0 Å². The molecule has 0 aliphatic carbocycles. The van der Waals surface area contributed by atoms with Crippen molar-refractivity contribution in [2.75, 3.05) is 26.2 Å². The lowest BCUT2D eigenvalue weighted by atomic mass is 9.95. The summed E-state index contributed by atoms with van der Waals surface area (Å²) in [6, 6.07) is 18.2. The van der Waals surface area contributed by atoms with Gasteiger partial charge in [-0.25, -0.2) is 0 Å². The lowest BCUT2D eigenvalue weighted by molar-refractivity contribution is 0.244. The van der Waals surface area contributed by atoms with Crippen LogP contribution in [0.3, 0.4) is 0 Å². The van der Waals surface area contributed by atoms with E-state index in [9.17, 15) is 0 Å². The van der Waals surface area contributed by atoms with Gasteiger partial charge in [-0.15, -0.1) is 11.3 Å². The molecule has 1 atom stereocenters. The van der Waals surface area contributed by atoms with Crippen LogP contribution in [0.5, 0.6) is 0 Å². The molecule has 2 heterocycles. The summed E-state index contributed by atoms with van der Waals surface area (Å²) in [6.07, 6.45) is 1.21. The molecule has 0 bridgehead atoms. The van der Waals surface area contributed by atoms with Gasteiger partial charge < -0.3 is 5.32 Å². The van der Waals surface area contributed by atoms with Crippen molar-refractivity contribution >= 4 is 22.1 Å². The van der Waals surface area contributed by atoms with Gasteiger partial charge in [0, 0.05) is 24.5 Å². The van der Waals surface area contributed by atoms with Crippen LogP contribution < -0.4 is 5.32 Å². The number of hydrogen-bond donors (Lipinski definition) is 1. The van der Waals surface area contributed by atoms with Crippen molar-refractivity contribution in [1.29, 1.82) is 0 Å². The lowest BCUT2D eigenvalue weighted by Gasteiger charge is -2.31. The van der Waals surface area contributed by atoms with Gasteiger partial charge in [-0.3, -0.25) is 4.90 Å². The van der Waals surface area contributed by atoms with Crippen molar-refractivity contribution in [2.24, 2.45) is 0 Å². The Balaban J connectivity index is 1.87. The molecule has 1 aromatic heterocycles. The summed E-state index contributed by atoms with van der Waals surface area (Å²) in [4.78, 5) is 4.16. The Labute approximate surface area is 148 Å². The van der Waals surface area contributed by atoms with Gasteiger partial charge in [-0.2, -0.15) is 0 Å². The molecule has 3 aromatic rings. The molecule has 1 N–H and O–H groups in total. The van der Waals surface area contributed by atoms with Crippen molar-refractivity contribution < 1.29 is 0 Å². The number of nitrogens with zero attached hydrogens (tertiary/aromatic N) is 1. The van der Waals surface area contributed by atoms with Crippen molar-refractivity contribution in [3.05, 3.63) is 69.9 Å². The van der Waals surface area contributed by atoms with Crippen LogP contribution in [0.4, 0.5) is 0 Å². The Bertz CT molecular complexity index is 810. The van der Waals surface area contributed by atoms with E-state index in [2.05, 4.69) is 71.1 Å². The SMILES string of the molecule is Cc1ccsc1C(c1cccc2ccccc12)N1CCCNCC1. The number of hydrogen-bond acceptors (Lipinski definition) is 3. The normalized spacial score (nSPS) is 17.7. The summed E-state index contributed by atoms with van der Waals surface area (Å²) in [7, 11) is 0. The largest absolute Gasteiger partial charge is 0.315 e. The molecule has 2 aromatic carbocycles. The zero-order valence-electron chi connectivity index (χ0n) is 14.2. The van der Waals surface area contributed by atoms with E-state index >= 15 is 0 Å². The zero-order valence-corrected chi connectivity index (χ0v) is 15.0. The number of fused-ring (bicyclic) bond motifs is 1. The third kappa shape index (κ3) is 3.00. The first kappa shape index (κ1) is 15.8. The highest BCUT2D eigenvalue weighted by atomic mass is 32.1. The van der Waals surface area contributed by atoms with Crippen LogP contribution in [0.1, 0.15) is 28.5 Å². The standard InChI is InChI=1S/C21H24N2S/c1-16-10-15-24-21(16)20(23-13-5-11-22-12-14-23)19-9-4-7-17-6-2-3-8-18(17)19/h2-4,6-10,15,20,22H,5,11-14H2,1H3. The second kappa shape index (κ2) is 7.06. The summed E-state index contributed by atoms with van der Waals surface area (Å²) in [5.41, 5.74) is 2.86. The molecule has 2 nitrogen and oxygen atoms in total. The number of aryl methyl sites for hydroxylation is 1. The molecule has 24 heavy (non-hydrogen) atoms. The maximum atomic E-state index is 3.54. The van der Waals surface area contributed by atoms with Gasteiger partial charge in [0.15, 0.2) is 0 Å². The van der Waals surface area contributed by atoms with E-state index < -0.39 is 0 Å². The van der Waals surface area contributed by atoms with Crippen LogP contribution in [-0.2, 0) is 0 Å². The third-order valence-corrected chi connectivity index (χ3v) is 6.08. The van der Waals surface area contributed by atoms with Crippen molar-refractivity contribution in [3.63, 3.8) is 0 Å². The molecule has 1 unspecified atom stereocenters. The first-order valence-electron chi connectivity index (χ1n) is 8.81. The molecular formula is C21H24N2S. The van der Waals surface area contributed by atoms with Crippen LogP contribution in [0.2, 0.25) is 0 Å². The fourth-order valence-corrected chi connectivity index (χ4v) is 4.86. The fourth-order valence-electron chi connectivity index (χ4n) is 3.78. The first-order chi connectivity index (χ1) is 11.8. The Morgan fingerprint density at radius 2 is 1.88 bits per heavy atom. The summed E-state index contributed by atoms with van der Waals surface area (Å²) in [6.45, 7) is 6.71. The summed E-state index contributed by atoms with van der Waals surface area (Å²) < 4.78 is 0. The van der Waals surface area contributed by atoms with Crippen molar-refractivity contribution in [3.8, 4) is 0 Å². The summed E-state index contributed by atoms with van der Waals surface area (Å²) in [5, 5.41) is 8.50. The average Bonchev–Trinajstić information content (AvgIpc) is 2.86. The molecule has 1 aliphatic heterocycles. The smallest absolute Gasteiger partial charge is 0.0705 e. The monoisotopic (exact) mass is 336 g/mol. The molecule has 4 rings (SSSR count). The van der Waals surface area contributed by atoms with E-state index in [1.807, 2.05) is 11.3 Å². The second-order valence-corrected chi connectivity index (χ2v) is 7.53. The molecule has 0 amide bonds. The minimum Gasteiger partial charge on any atom is -0.315 e. The predicted octanol–water partition coefficient (Wildman–Crippen LogP) is 4.59. The molecule has 1 aliphatic rings. The van der Waals surface area contributed by atoms with Gasteiger partial charge in [0.1, 0.15) is 0 Å². The molecular weight excluding hydrogens is 312 g/mol. The predicted molar refractivity (Wildman–Crippen MR) is 104 cm³/mol. The Morgan fingerprint density at radius 1 is 1.00 bits per heavy atom. The highest BCUT2D eigenvalue weighted by Crippen LogP contribution is 2.37. The molecule has 0 spiro atoms. The maximum absolute atomic E-state index is 3.54. The summed E-state index contributed by atoms with van der Waals surface area (Å²) in [5.74, 6) is 0. The van der Waals surface area contributed by atoms with E-state index in [1.165, 1.54) is 33.2 Å². The fraction of sp³-hybridized carbons (Fsp3) is 0.333. The number of nitrogens with one attached hydrogen (secondary N) is 1. The van der Waals surface area contributed by atoms with Crippen LogP contribution in [-0.4, -0.2) is 31.1 Å². The van der Waals surface area contributed by atoms with E-state index in [0.717, 1.165) is 26.2 Å². The average molecular weight is 337 g/mol. The molecule has 1 fully saturated rings. The van der Waals surface area contributed by atoms with Gasteiger partial charge in [-0.05, 0) is 53.2 Å². The van der Waals surface area contributed by atoms with E-state index in [-0.39, 0.29) is 0 Å². The minimum atomic E-state index is 0.357. The van der Waals surface area contributed by atoms with Gasteiger partial charge in [0.2, 0.25) is 0 Å². The van der Waals surface area contributed by atoms with Gasteiger partial charge in [0.05, 0.1) is 6.04 Å². The van der Waals surface area contributed by atoms with Crippen LogP contribution in [0.25, 0.3) is 10.8 Å². The van der Waals surface area contributed by atoms with E-state index in [0.29, 0.717) is 6.04 Å². The second-order valence-electron chi connectivity index (χ2n) is 6.58. The molecule has 0 radical (unpaired) electrons. The molecule has 1 saturated heterocycles. The van der Waals surface area contributed by atoms with Crippen LogP contribution in [0.15, 0.2) is 53.9 Å². The number of thiophene rings is 1. The zero-order chi connectivity index (χ0) is 16.4. The number of benzene rings is 2. The van der Waals surface area contributed by atoms with E-state index in [1.54, 1.807) is 0 Å². The van der Waals surface area contributed by atoms with Crippen LogP contribution in [0, 0.1) is 6.92 Å². The lowest BCUT2D eigenvalue weighted by Crippen LogP contribution is -2.33. The Morgan fingerprint density at radius 3 is 2.75 bits per heavy atom. The Kier molecular flexibility index (Phi) is 4.65. The highest BCUT2D eigenvalue weighted by Gasteiger charge is 2.26. The van der Waals surface area contributed by atoms with E-state index in [4.69, 9.17) is 0 Å². The summed E-state index contributed by atoms with van der Waals surface area (Å²) >= 11 is 1.90. The molecule has 124 valence electrons. The van der Waals surface area contributed by atoms with Crippen molar-refractivity contribution in [1.82, 2.24) is 10.2 Å². The maximum Gasteiger partial charge on any atom is 0.0705 e. The topological polar surface area (TPSA) is 15.3 Å². The van der Waals surface area contributed by atoms with Gasteiger partial charge in [-0.1, -0.05) is 42.5 Å². The highest BCUT2D eigenvalue weighted by molar-refractivity contribution is 7.10. The third-order valence-electron chi connectivity index (χ3n) is 5.01. The van der Waals surface area contributed by atoms with Crippen molar-refractivity contribution in [2.45, 2.75) is 19.4 Å². The Hall–Kier alpha value is -1.68.